The maximum Gasteiger partial charge on any atom is 0.238 e. The number of carbonyl (C=O) groups excluding carboxylic acids is 1. The van der Waals surface area contributed by atoms with Crippen molar-refractivity contribution in [2.24, 2.45) is 0 Å². The molecule has 138 valence electrons. The van der Waals surface area contributed by atoms with E-state index >= 15 is 0 Å². The molecule has 1 aliphatic rings. The van der Waals surface area contributed by atoms with E-state index in [0.29, 0.717) is 5.69 Å². The molecule has 0 spiro atoms. The van der Waals surface area contributed by atoms with Crippen LogP contribution >= 0.6 is 15.9 Å². The fourth-order valence-corrected chi connectivity index (χ4v) is 4.00. The molecule has 0 aliphatic heterocycles. The van der Waals surface area contributed by atoms with Crippen LogP contribution in [0.15, 0.2) is 57.9 Å². The van der Waals surface area contributed by atoms with Gasteiger partial charge in [0.2, 0.25) is 5.91 Å². The molecule has 3 rings (SSSR count). The maximum absolute atomic E-state index is 12.3. The van der Waals surface area contributed by atoms with E-state index in [1.807, 2.05) is 12.1 Å². The van der Waals surface area contributed by atoms with Gasteiger partial charge in [-0.1, -0.05) is 28.1 Å². The number of amides is 1. The first-order chi connectivity index (χ1) is 12.3. The van der Waals surface area contributed by atoms with Crippen LogP contribution in [0, 0.1) is 0 Å². The topological polar surface area (TPSA) is 75.3 Å². The fourth-order valence-electron chi connectivity index (χ4n) is 3.11. The molecule has 0 saturated heterocycles. The quantitative estimate of drug-likeness (QED) is 0.726. The minimum absolute atomic E-state index is 0.141. The second-order valence-corrected chi connectivity index (χ2v) is 9.57. The molecule has 1 aliphatic carbocycles. The van der Waals surface area contributed by atoms with Crippen molar-refractivity contribution in [1.82, 2.24) is 5.32 Å². The third-order valence-corrected chi connectivity index (χ3v) is 6.41. The first-order valence-corrected chi connectivity index (χ1v) is 11.1. The molecule has 7 heteroatoms. The van der Waals surface area contributed by atoms with E-state index < -0.39 is 9.84 Å². The zero-order valence-corrected chi connectivity index (χ0v) is 16.9. The summed E-state index contributed by atoms with van der Waals surface area (Å²) in [5.41, 5.74) is 1.63. The molecule has 0 aromatic heterocycles. The SMILES string of the molecule is CS(=O)(=O)c1ccc(NC(=O)CNC2(c3ccc(Br)cc3)CCC2)cc1. The normalized spacial score (nSPS) is 15.9. The summed E-state index contributed by atoms with van der Waals surface area (Å²) in [5, 5.41) is 6.20. The molecule has 0 atom stereocenters. The van der Waals surface area contributed by atoms with Gasteiger partial charge in [0.05, 0.1) is 11.4 Å². The van der Waals surface area contributed by atoms with Crippen LogP contribution in [0.25, 0.3) is 0 Å². The Labute approximate surface area is 162 Å². The zero-order chi connectivity index (χ0) is 18.8. The van der Waals surface area contributed by atoms with E-state index in [2.05, 4.69) is 38.7 Å². The lowest BCUT2D eigenvalue weighted by molar-refractivity contribution is -0.116. The largest absolute Gasteiger partial charge is 0.325 e. The lowest BCUT2D eigenvalue weighted by atomic mass is 9.72. The van der Waals surface area contributed by atoms with Gasteiger partial charge in [-0.25, -0.2) is 8.42 Å². The number of sulfone groups is 1. The van der Waals surface area contributed by atoms with Crippen molar-refractivity contribution >= 4 is 37.4 Å². The number of anilines is 1. The average Bonchev–Trinajstić information content (AvgIpc) is 2.55. The molecule has 2 N–H and O–H groups in total. The molecule has 0 heterocycles. The van der Waals surface area contributed by atoms with Gasteiger partial charge in [-0.3, -0.25) is 10.1 Å². The highest BCUT2D eigenvalue weighted by molar-refractivity contribution is 9.10. The van der Waals surface area contributed by atoms with Gasteiger partial charge in [-0.05, 0) is 61.2 Å². The van der Waals surface area contributed by atoms with Crippen LogP contribution in [0.1, 0.15) is 24.8 Å². The van der Waals surface area contributed by atoms with Gasteiger partial charge in [0.25, 0.3) is 0 Å². The molecule has 0 unspecified atom stereocenters. The van der Waals surface area contributed by atoms with Crippen LogP contribution < -0.4 is 10.6 Å². The Bertz CT molecular complexity index is 889. The van der Waals surface area contributed by atoms with E-state index in [9.17, 15) is 13.2 Å². The molecule has 1 amide bonds. The molecule has 26 heavy (non-hydrogen) atoms. The zero-order valence-electron chi connectivity index (χ0n) is 14.5. The first kappa shape index (κ1) is 19.1. The van der Waals surface area contributed by atoms with E-state index in [1.54, 1.807) is 12.1 Å². The van der Waals surface area contributed by atoms with Crippen LogP contribution in [0.3, 0.4) is 0 Å². The summed E-state index contributed by atoms with van der Waals surface area (Å²) in [6.45, 7) is 0.198. The van der Waals surface area contributed by atoms with Crippen molar-refractivity contribution in [1.29, 1.82) is 0 Å². The number of nitrogens with one attached hydrogen (secondary N) is 2. The smallest absolute Gasteiger partial charge is 0.238 e. The summed E-state index contributed by atoms with van der Waals surface area (Å²) in [6, 6.07) is 14.4. The number of hydrogen-bond acceptors (Lipinski definition) is 4. The van der Waals surface area contributed by atoms with E-state index in [4.69, 9.17) is 0 Å². The van der Waals surface area contributed by atoms with Crippen molar-refractivity contribution in [2.75, 3.05) is 18.1 Å². The van der Waals surface area contributed by atoms with Crippen LogP contribution in [0.2, 0.25) is 0 Å². The number of halogens is 1. The van der Waals surface area contributed by atoms with Gasteiger partial charge in [0.1, 0.15) is 0 Å². The predicted molar refractivity (Wildman–Crippen MR) is 106 cm³/mol. The summed E-state index contributed by atoms with van der Waals surface area (Å²) in [6.07, 6.45) is 4.30. The number of hydrogen-bond donors (Lipinski definition) is 2. The Morgan fingerprint density at radius 1 is 1.08 bits per heavy atom. The van der Waals surface area contributed by atoms with Gasteiger partial charge < -0.3 is 5.32 Å². The second kappa shape index (κ2) is 7.50. The minimum atomic E-state index is -3.24. The Morgan fingerprint density at radius 2 is 1.69 bits per heavy atom. The van der Waals surface area contributed by atoms with Crippen LogP contribution in [0.5, 0.6) is 0 Å². The van der Waals surface area contributed by atoms with Crippen molar-refractivity contribution in [2.45, 2.75) is 29.7 Å². The van der Waals surface area contributed by atoms with Crippen LogP contribution in [-0.4, -0.2) is 27.1 Å². The Morgan fingerprint density at radius 3 is 2.19 bits per heavy atom. The number of benzene rings is 2. The van der Waals surface area contributed by atoms with Gasteiger partial charge >= 0.3 is 0 Å². The standard InChI is InChI=1S/C19H21BrN2O3S/c1-26(24,25)17-9-7-16(8-10-17)22-18(23)13-21-19(11-2-12-19)14-3-5-15(20)6-4-14/h3-10,21H,2,11-13H2,1H3,(H,22,23). The van der Waals surface area contributed by atoms with Gasteiger partial charge in [0, 0.05) is 22.0 Å². The maximum atomic E-state index is 12.3. The van der Waals surface area contributed by atoms with Gasteiger partial charge in [0.15, 0.2) is 9.84 Å². The Balaban J connectivity index is 1.60. The van der Waals surface area contributed by atoms with Crippen molar-refractivity contribution in [3.05, 3.63) is 58.6 Å². The number of rotatable bonds is 6. The van der Waals surface area contributed by atoms with E-state index in [0.717, 1.165) is 30.0 Å². The summed E-state index contributed by atoms with van der Waals surface area (Å²) >= 11 is 3.45. The van der Waals surface area contributed by atoms with Gasteiger partial charge in [-0.15, -0.1) is 0 Å². The van der Waals surface area contributed by atoms with Gasteiger partial charge in [-0.2, -0.15) is 0 Å². The van der Waals surface area contributed by atoms with E-state index in [-0.39, 0.29) is 22.9 Å². The highest BCUT2D eigenvalue weighted by Gasteiger charge is 2.38. The minimum Gasteiger partial charge on any atom is -0.325 e. The average molecular weight is 437 g/mol. The molecule has 2 aromatic rings. The second-order valence-electron chi connectivity index (χ2n) is 6.64. The highest BCUT2D eigenvalue weighted by Crippen LogP contribution is 2.41. The van der Waals surface area contributed by atoms with Crippen LogP contribution in [0.4, 0.5) is 5.69 Å². The third kappa shape index (κ3) is 4.34. The summed E-state index contributed by atoms with van der Waals surface area (Å²) in [4.78, 5) is 12.5. The lowest BCUT2D eigenvalue weighted by Gasteiger charge is -2.43. The molecule has 2 aromatic carbocycles. The molecule has 5 nitrogen and oxygen atoms in total. The molecular formula is C19H21BrN2O3S. The van der Waals surface area contributed by atoms with Crippen molar-refractivity contribution in [3.63, 3.8) is 0 Å². The fraction of sp³-hybridized carbons (Fsp3) is 0.316. The summed E-state index contributed by atoms with van der Waals surface area (Å²) in [7, 11) is -3.24. The molecule has 0 bridgehead atoms. The Kier molecular flexibility index (Phi) is 5.50. The molecule has 1 fully saturated rings. The Hall–Kier alpha value is -1.70. The third-order valence-electron chi connectivity index (χ3n) is 4.76. The molecule has 1 saturated carbocycles. The monoisotopic (exact) mass is 436 g/mol. The summed E-state index contributed by atoms with van der Waals surface area (Å²) < 4.78 is 24.0. The first-order valence-electron chi connectivity index (χ1n) is 8.40. The lowest BCUT2D eigenvalue weighted by Crippen LogP contribution is -2.50. The molecular weight excluding hydrogens is 416 g/mol. The van der Waals surface area contributed by atoms with Crippen LogP contribution in [-0.2, 0) is 20.2 Å². The predicted octanol–water partition coefficient (Wildman–Crippen LogP) is 3.46. The number of carbonyl (C=O) groups is 1. The van der Waals surface area contributed by atoms with E-state index in [1.165, 1.54) is 17.7 Å². The molecule has 0 radical (unpaired) electrons. The van der Waals surface area contributed by atoms with Crippen molar-refractivity contribution in [3.8, 4) is 0 Å². The summed E-state index contributed by atoms with van der Waals surface area (Å²) in [5.74, 6) is -0.152. The van der Waals surface area contributed by atoms with Crippen molar-refractivity contribution < 1.29 is 13.2 Å². The highest BCUT2D eigenvalue weighted by atomic mass is 79.9.